The van der Waals surface area contributed by atoms with Crippen molar-refractivity contribution in [2.45, 2.75) is 6.42 Å². The summed E-state index contributed by atoms with van der Waals surface area (Å²) in [5, 5.41) is 13.2. The van der Waals surface area contributed by atoms with E-state index in [2.05, 4.69) is 15.1 Å². The van der Waals surface area contributed by atoms with E-state index in [1.54, 1.807) is 30.5 Å². The number of nitrogen functional groups attached to an aromatic ring is 1. The molecule has 0 saturated carbocycles. The quantitative estimate of drug-likeness (QED) is 0.754. The van der Waals surface area contributed by atoms with Crippen LogP contribution in [0.25, 0.3) is 11.5 Å². The first-order valence-electron chi connectivity index (χ1n) is 6.03. The van der Waals surface area contributed by atoms with Gasteiger partial charge in [0.15, 0.2) is 5.82 Å². The lowest BCUT2D eigenvalue weighted by Crippen LogP contribution is -1.91. The number of nitrogens with two attached hydrogens (primary N) is 1. The average molecular weight is 268 g/mol. The topological polar surface area (TPSA) is 98.1 Å². The first-order chi connectivity index (χ1) is 9.70. The van der Waals surface area contributed by atoms with E-state index in [0.29, 0.717) is 24.0 Å². The van der Waals surface area contributed by atoms with Crippen LogP contribution in [0.4, 0.5) is 5.82 Å². The first kappa shape index (κ1) is 12.2. The molecule has 6 heteroatoms. The maximum atomic E-state index is 9.23. The Bertz CT molecular complexity index is 722. The van der Waals surface area contributed by atoms with E-state index >= 15 is 0 Å². The van der Waals surface area contributed by atoms with Gasteiger partial charge >= 0.3 is 0 Å². The van der Waals surface area contributed by atoms with Crippen LogP contribution in [0.3, 0.4) is 0 Å². The van der Waals surface area contributed by atoms with Crippen LogP contribution in [0.1, 0.15) is 11.4 Å². The molecular weight excluding hydrogens is 256 g/mol. The lowest BCUT2D eigenvalue weighted by atomic mass is 10.1. The monoisotopic (exact) mass is 268 g/mol. The third-order valence-electron chi connectivity index (χ3n) is 2.79. The summed E-state index contributed by atoms with van der Waals surface area (Å²) in [7, 11) is 0. The van der Waals surface area contributed by atoms with Crippen LogP contribution >= 0.6 is 0 Å². The molecule has 0 radical (unpaired) electrons. The average Bonchev–Trinajstić information content (AvgIpc) is 2.90. The second-order valence-electron chi connectivity index (χ2n) is 4.33. The van der Waals surface area contributed by atoms with E-state index < -0.39 is 0 Å². The summed E-state index contributed by atoms with van der Waals surface area (Å²) in [6, 6.07) is 10.3. The fourth-order valence-electron chi connectivity index (χ4n) is 1.82. The molecule has 3 rings (SSSR count). The molecule has 0 aliphatic heterocycles. The van der Waals surface area contributed by atoms with Crippen molar-refractivity contribution in [1.29, 1.82) is 0 Å². The van der Waals surface area contributed by atoms with Gasteiger partial charge in [-0.1, -0.05) is 17.3 Å². The summed E-state index contributed by atoms with van der Waals surface area (Å²) in [6.07, 6.45) is 2.12. The van der Waals surface area contributed by atoms with Crippen LogP contribution in [0.5, 0.6) is 5.75 Å². The Morgan fingerprint density at radius 1 is 1.15 bits per heavy atom. The smallest absolute Gasteiger partial charge is 0.258 e. The standard InChI is InChI=1S/C14H12N4O2/c15-12-8-10(5-6-16-12)14-17-13(18-20-14)7-9-1-3-11(19)4-2-9/h1-6,8,19H,7H2,(H2,15,16). The number of aromatic nitrogens is 3. The Morgan fingerprint density at radius 3 is 2.70 bits per heavy atom. The zero-order valence-corrected chi connectivity index (χ0v) is 10.5. The van der Waals surface area contributed by atoms with Gasteiger partial charge < -0.3 is 15.4 Å². The minimum atomic E-state index is 0.231. The van der Waals surface area contributed by atoms with E-state index in [1.165, 1.54) is 0 Å². The Morgan fingerprint density at radius 2 is 1.95 bits per heavy atom. The third-order valence-corrected chi connectivity index (χ3v) is 2.79. The summed E-state index contributed by atoms with van der Waals surface area (Å²) in [6.45, 7) is 0. The zero-order chi connectivity index (χ0) is 13.9. The number of hydrogen-bond acceptors (Lipinski definition) is 6. The van der Waals surface area contributed by atoms with Gasteiger partial charge in [-0.2, -0.15) is 4.98 Å². The molecule has 0 amide bonds. The van der Waals surface area contributed by atoms with Gasteiger partial charge in [0.05, 0.1) is 0 Å². The molecule has 0 aliphatic carbocycles. The summed E-state index contributed by atoms with van der Waals surface area (Å²) >= 11 is 0. The number of phenols is 1. The normalized spacial score (nSPS) is 10.6. The van der Waals surface area contributed by atoms with E-state index in [0.717, 1.165) is 11.1 Å². The molecular formula is C14H12N4O2. The number of benzene rings is 1. The molecule has 0 saturated heterocycles. The molecule has 1 aromatic carbocycles. The number of phenolic OH excluding ortho intramolecular Hbond substituents is 1. The molecule has 2 aromatic heterocycles. The number of hydrogen-bond donors (Lipinski definition) is 2. The fourth-order valence-corrected chi connectivity index (χ4v) is 1.82. The van der Waals surface area contributed by atoms with Crippen molar-refractivity contribution in [2.24, 2.45) is 0 Å². The predicted molar refractivity (Wildman–Crippen MR) is 72.9 cm³/mol. The summed E-state index contributed by atoms with van der Waals surface area (Å²) < 4.78 is 5.21. The molecule has 0 aliphatic rings. The maximum Gasteiger partial charge on any atom is 0.258 e. The van der Waals surface area contributed by atoms with Crippen molar-refractivity contribution in [3.05, 3.63) is 54.0 Å². The predicted octanol–water partition coefficient (Wildman–Crippen LogP) is 2.01. The van der Waals surface area contributed by atoms with Gasteiger partial charge in [-0.05, 0) is 29.8 Å². The van der Waals surface area contributed by atoms with E-state index in [1.807, 2.05) is 12.1 Å². The van der Waals surface area contributed by atoms with Crippen molar-refractivity contribution < 1.29 is 9.63 Å². The minimum absolute atomic E-state index is 0.231. The van der Waals surface area contributed by atoms with Crippen LogP contribution in [0.2, 0.25) is 0 Å². The van der Waals surface area contributed by atoms with Gasteiger partial charge in [0, 0.05) is 18.2 Å². The Kier molecular flexibility index (Phi) is 3.04. The van der Waals surface area contributed by atoms with E-state index in [4.69, 9.17) is 10.3 Å². The number of nitrogens with zero attached hydrogens (tertiary/aromatic N) is 3. The Balaban J connectivity index is 1.82. The molecule has 0 fully saturated rings. The number of anilines is 1. The number of pyridine rings is 1. The van der Waals surface area contributed by atoms with Gasteiger partial charge in [-0.3, -0.25) is 0 Å². The van der Waals surface area contributed by atoms with Crippen LogP contribution in [-0.2, 0) is 6.42 Å². The highest BCUT2D eigenvalue weighted by Crippen LogP contribution is 2.19. The van der Waals surface area contributed by atoms with E-state index in [9.17, 15) is 5.11 Å². The van der Waals surface area contributed by atoms with Crippen LogP contribution in [-0.4, -0.2) is 20.2 Å². The fraction of sp³-hybridized carbons (Fsp3) is 0.0714. The van der Waals surface area contributed by atoms with Crippen LogP contribution in [0, 0.1) is 0 Å². The molecule has 3 aromatic rings. The van der Waals surface area contributed by atoms with Crippen LogP contribution < -0.4 is 5.73 Å². The van der Waals surface area contributed by atoms with Crippen molar-refractivity contribution in [3.8, 4) is 17.2 Å². The van der Waals surface area contributed by atoms with Crippen molar-refractivity contribution in [2.75, 3.05) is 5.73 Å². The summed E-state index contributed by atoms with van der Waals surface area (Å²) in [4.78, 5) is 8.23. The number of rotatable bonds is 3. The second kappa shape index (κ2) is 5.00. The van der Waals surface area contributed by atoms with Gasteiger partial charge in [0.1, 0.15) is 11.6 Å². The molecule has 100 valence electrons. The third kappa shape index (κ3) is 2.59. The number of aromatic hydroxyl groups is 1. The minimum Gasteiger partial charge on any atom is -0.508 e. The molecule has 0 atom stereocenters. The largest absolute Gasteiger partial charge is 0.508 e. The van der Waals surface area contributed by atoms with Gasteiger partial charge in [0.25, 0.3) is 5.89 Å². The maximum absolute atomic E-state index is 9.23. The highest BCUT2D eigenvalue weighted by molar-refractivity contribution is 5.56. The SMILES string of the molecule is Nc1cc(-c2nc(Cc3ccc(O)cc3)no2)ccn1. The van der Waals surface area contributed by atoms with Crippen molar-refractivity contribution in [1.82, 2.24) is 15.1 Å². The summed E-state index contributed by atoms with van der Waals surface area (Å²) in [5.41, 5.74) is 7.34. The molecule has 6 nitrogen and oxygen atoms in total. The molecule has 0 bridgehead atoms. The zero-order valence-electron chi connectivity index (χ0n) is 10.5. The van der Waals surface area contributed by atoms with Crippen molar-refractivity contribution >= 4 is 5.82 Å². The second-order valence-corrected chi connectivity index (χ2v) is 4.33. The molecule has 0 unspecified atom stereocenters. The highest BCUT2D eigenvalue weighted by atomic mass is 16.5. The first-order valence-corrected chi connectivity index (χ1v) is 6.03. The van der Waals surface area contributed by atoms with Crippen molar-refractivity contribution in [3.63, 3.8) is 0 Å². The molecule has 20 heavy (non-hydrogen) atoms. The van der Waals surface area contributed by atoms with Gasteiger partial charge in [0.2, 0.25) is 0 Å². The molecule has 0 spiro atoms. The Labute approximate surface area is 114 Å². The van der Waals surface area contributed by atoms with Gasteiger partial charge in [-0.15, -0.1) is 0 Å². The Hall–Kier alpha value is -2.89. The lowest BCUT2D eigenvalue weighted by Gasteiger charge is -1.96. The van der Waals surface area contributed by atoms with Gasteiger partial charge in [-0.25, -0.2) is 4.98 Å². The molecule has 2 heterocycles. The molecule has 3 N–H and O–H groups in total. The van der Waals surface area contributed by atoms with E-state index in [-0.39, 0.29) is 5.75 Å². The van der Waals surface area contributed by atoms with Crippen LogP contribution in [0.15, 0.2) is 47.1 Å². The summed E-state index contributed by atoms with van der Waals surface area (Å²) in [5.74, 6) is 1.62. The lowest BCUT2D eigenvalue weighted by molar-refractivity contribution is 0.424. The highest BCUT2D eigenvalue weighted by Gasteiger charge is 2.09.